The fourth-order valence-corrected chi connectivity index (χ4v) is 2.84. The van der Waals surface area contributed by atoms with Crippen molar-refractivity contribution in [2.45, 2.75) is 31.8 Å². The monoisotopic (exact) mass is 361 g/mol. The van der Waals surface area contributed by atoms with E-state index in [4.69, 9.17) is 25.8 Å². The Hall–Kier alpha value is -2.08. The van der Waals surface area contributed by atoms with Crippen molar-refractivity contribution in [1.29, 1.82) is 0 Å². The number of hydrogen-bond donors (Lipinski definition) is 1. The van der Waals surface area contributed by atoms with Gasteiger partial charge in [0.2, 0.25) is 0 Å². The van der Waals surface area contributed by atoms with Gasteiger partial charge in [0.25, 0.3) is 0 Å². The van der Waals surface area contributed by atoms with Gasteiger partial charge in [-0.3, -0.25) is 0 Å². The summed E-state index contributed by atoms with van der Waals surface area (Å²) in [5.74, 6) is -0.429. The molecule has 132 valence electrons. The first kappa shape index (κ1) is 17.7. The Bertz CT molecular complexity index is 735. The lowest BCUT2D eigenvalue weighted by Gasteiger charge is -2.41. The smallest absolute Gasteiger partial charge is 0.409 e. The van der Waals surface area contributed by atoms with Gasteiger partial charge in [0.1, 0.15) is 6.10 Å². The van der Waals surface area contributed by atoms with Gasteiger partial charge < -0.3 is 19.5 Å². The summed E-state index contributed by atoms with van der Waals surface area (Å²) in [5, 5.41) is 3.18. The van der Waals surface area contributed by atoms with Crippen LogP contribution in [-0.2, 0) is 9.47 Å². The number of para-hydroxylation sites is 1. The normalized spacial score (nSPS) is 22.2. The summed E-state index contributed by atoms with van der Waals surface area (Å²) in [7, 11) is 0. The van der Waals surface area contributed by atoms with E-state index >= 15 is 0 Å². The summed E-state index contributed by atoms with van der Waals surface area (Å²) < 4.78 is 17.0. The zero-order valence-corrected chi connectivity index (χ0v) is 14.8. The maximum atomic E-state index is 12.3. The van der Waals surface area contributed by atoms with Crippen molar-refractivity contribution < 1.29 is 19.0 Å². The number of hydrogen-bond acceptors (Lipinski definition) is 4. The lowest BCUT2D eigenvalue weighted by molar-refractivity contribution is -0.284. The third-order valence-electron chi connectivity index (χ3n) is 3.86. The van der Waals surface area contributed by atoms with Crippen LogP contribution in [0.2, 0.25) is 5.02 Å². The Labute approximate surface area is 151 Å². The second kappa shape index (κ2) is 7.44. The minimum Gasteiger partial charge on any atom is -0.409 e. The van der Waals surface area contributed by atoms with Gasteiger partial charge >= 0.3 is 6.09 Å². The van der Waals surface area contributed by atoms with Gasteiger partial charge in [0.15, 0.2) is 11.5 Å². The number of ether oxygens (including phenoxy) is 3. The molecule has 6 heteroatoms. The molecule has 1 N–H and O–H groups in total. The first-order chi connectivity index (χ1) is 11.9. The minimum atomic E-state index is -0.731. The molecule has 0 aromatic heterocycles. The van der Waals surface area contributed by atoms with Gasteiger partial charge in [-0.1, -0.05) is 54.1 Å². The highest BCUT2D eigenvalue weighted by Gasteiger charge is 2.38. The van der Waals surface area contributed by atoms with Gasteiger partial charge in [-0.25, -0.2) is 4.79 Å². The lowest BCUT2D eigenvalue weighted by Crippen LogP contribution is -2.52. The molecule has 0 unspecified atom stereocenters. The summed E-state index contributed by atoms with van der Waals surface area (Å²) in [5.41, 5.74) is 0.960. The van der Waals surface area contributed by atoms with Crippen LogP contribution >= 0.6 is 11.6 Å². The first-order valence-electron chi connectivity index (χ1n) is 8.04. The molecule has 0 saturated carbocycles. The molecule has 3 rings (SSSR count). The van der Waals surface area contributed by atoms with E-state index in [1.54, 1.807) is 24.3 Å². The SMILES string of the molecule is CC1(C)OC[C@H](NC(=O)Oc2ccccc2Cl)[C@H](c2ccccc2)O1. The number of halogens is 1. The average molecular weight is 362 g/mol. The van der Waals surface area contributed by atoms with Gasteiger partial charge in [0.05, 0.1) is 17.7 Å². The predicted molar refractivity (Wildman–Crippen MR) is 94.7 cm³/mol. The van der Waals surface area contributed by atoms with E-state index in [9.17, 15) is 4.79 Å². The molecule has 1 saturated heterocycles. The van der Waals surface area contributed by atoms with E-state index in [0.717, 1.165) is 5.56 Å². The van der Waals surface area contributed by atoms with Crippen molar-refractivity contribution in [3.8, 4) is 5.75 Å². The molecular formula is C19H20ClNO4. The molecule has 5 nitrogen and oxygen atoms in total. The molecule has 0 bridgehead atoms. The van der Waals surface area contributed by atoms with E-state index in [1.807, 2.05) is 44.2 Å². The Morgan fingerprint density at radius 3 is 2.56 bits per heavy atom. The van der Waals surface area contributed by atoms with Crippen molar-refractivity contribution in [3.05, 3.63) is 65.2 Å². The Morgan fingerprint density at radius 1 is 1.16 bits per heavy atom. The first-order valence-corrected chi connectivity index (χ1v) is 8.42. The average Bonchev–Trinajstić information content (AvgIpc) is 2.59. The number of carbonyl (C=O) groups excluding carboxylic acids is 1. The zero-order chi connectivity index (χ0) is 17.9. The molecule has 2 aromatic carbocycles. The number of carbonyl (C=O) groups is 1. The maximum absolute atomic E-state index is 12.3. The van der Waals surface area contributed by atoms with Crippen LogP contribution in [0.5, 0.6) is 5.75 Å². The Kier molecular flexibility index (Phi) is 5.27. The molecular weight excluding hydrogens is 342 g/mol. The second-order valence-corrected chi connectivity index (χ2v) is 6.64. The van der Waals surface area contributed by atoms with Gasteiger partial charge in [-0.05, 0) is 31.5 Å². The van der Waals surface area contributed by atoms with Gasteiger partial charge in [-0.15, -0.1) is 0 Å². The van der Waals surface area contributed by atoms with E-state index < -0.39 is 11.9 Å². The molecule has 1 aliphatic heterocycles. The number of rotatable bonds is 3. The van der Waals surface area contributed by atoms with E-state index in [0.29, 0.717) is 17.4 Å². The van der Waals surface area contributed by atoms with Crippen LogP contribution < -0.4 is 10.1 Å². The highest BCUT2D eigenvalue weighted by molar-refractivity contribution is 6.32. The van der Waals surface area contributed by atoms with E-state index in [-0.39, 0.29) is 12.1 Å². The van der Waals surface area contributed by atoms with Gasteiger partial charge in [0, 0.05) is 0 Å². The summed E-state index contributed by atoms with van der Waals surface area (Å²) in [4.78, 5) is 12.3. The Balaban J connectivity index is 1.73. The van der Waals surface area contributed by atoms with Crippen LogP contribution in [-0.4, -0.2) is 24.5 Å². The van der Waals surface area contributed by atoms with Crippen LogP contribution in [0.4, 0.5) is 4.79 Å². The van der Waals surface area contributed by atoms with Crippen LogP contribution in [0.1, 0.15) is 25.5 Å². The van der Waals surface area contributed by atoms with E-state index in [1.165, 1.54) is 0 Å². The standard InChI is InChI=1S/C19H20ClNO4/c1-19(2)23-12-15(17(25-19)13-8-4-3-5-9-13)21-18(22)24-16-11-7-6-10-14(16)20/h3-11,15,17H,12H2,1-2H3,(H,21,22)/t15-,17-/m0/s1. The predicted octanol–water partition coefficient (Wildman–Crippen LogP) is 4.32. The third kappa shape index (κ3) is 4.51. The van der Waals surface area contributed by atoms with Crippen LogP contribution in [0.15, 0.2) is 54.6 Å². The molecule has 0 spiro atoms. The molecule has 0 radical (unpaired) electrons. The zero-order valence-electron chi connectivity index (χ0n) is 14.1. The number of benzene rings is 2. The number of amides is 1. The topological polar surface area (TPSA) is 56.8 Å². The molecule has 1 amide bonds. The molecule has 1 fully saturated rings. The largest absolute Gasteiger partial charge is 0.413 e. The fraction of sp³-hybridized carbons (Fsp3) is 0.316. The molecule has 0 aliphatic carbocycles. The van der Waals surface area contributed by atoms with Crippen molar-refractivity contribution in [1.82, 2.24) is 5.32 Å². The molecule has 25 heavy (non-hydrogen) atoms. The second-order valence-electron chi connectivity index (χ2n) is 6.23. The van der Waals surface area contributed by atoms with Crippen molar-refractivity contribution in [3.63, 3.8) is 0 Å². The molecule has 1 heterocycles. The van der Waals surface area contributed by atoms with Gasteiger partial charge in [-0.2, -0.15) is 0 Å². The highest BCUT2D eigenvalue weighted by Crippen LogP contribution is 2.33. The van der Waals surface area contributed by atoms with E-state index in [2.05, 4.69) is 5.32 Å². The summed E-state index contributed by atoms with van der Waals surface area (Å²) >= 11 is 6.02. The van der Waals surface area contributed by atoms with Crippen LogP contribution in [0.25, 0.3) is 0 Å². The fourth-order valence-electron chi connectivity index (χ4n) is 2.67. The minimum absolute atomic E-state index is 0.302. The van der Waals surface area contributed by atoms with Crippen LogP contribution in [0.3, 0.4) is 0 Å². The Morgan fingerprint density at radius 2 is 1.84 bits per heavy atom. The maximum Gasteiger partial charge on any atom is 0.413 e. The highest BCUT2D eigenvalue weighted by atomic mass is 35.5. The molecule has 1 aliphatic rings. The van der Waals surface area contributed by atoms with Crippen molar-refractivity contribution >= 4 is 17.7 Å². The third-order valence-corrected chi connectivity index (χ3v) is 4.17. The quantitative estimate of drug-likeness (QED) is 0.884. The van der Waals surface area contributed by atoms with Crippen molar-refractivity contribution in [2.75, 3.05) is 6.61 Å². The lowest BCUT2D eigenvalue weighted by atomic mass is 10.0. The summed E-state index contributed by atoms with van der Waals surface area (Å²) in [6, 6.07) is 16.1. The summed E-state index contributed by atoms with van der Waals surface area (Å²) in [6.07, 6.45) is -0.949. The molecule has 2 atom stereocenters. The van der Waals surface area contributed by atoms with Crippen molar-refractivity contribution in [2.24, 2.45) is 0 Å². The van der Waals surface area contributed by atoms with Crippen LogP contribution in [0, 0.1) is 0 Å². The number of nitrogens with one attached hydrogen (secondary N) is 1. The summed E-state index contributed by atoms with van der Waals surface area (Å²) in [6.45, 7) is 4.01. The molecule has 2 aromatic rings.